The Hall–Kier alpha value is -2.14. The highest BCUT2D eigenvalue weighted by atomic mass is 16.3. The quantitative estimate of drug-likeness (QED) is 0.781. The number of carbonyl (C=O) groups excluding carboxylic acids is 1. The van der Waals surface area contributed by atoms with Crippen molar-refractivity contribution in [2.75, 3.05) is 6.54 Å². The minimum atomic E-state index is -1.13. The molecule has 2 rings (SSSR count). The first-order chi connectivity index (χ1) is 11.4. The van der Waals surface area contributed by atoms with Gasteiger partial charge in [-0.25, -0.2) is 0 Å². The van der Waals surface area contributed by atoms with Crippen molar-refractivity contribution in [2.24, 2.45) is 7.05 Å². The van der Waals surface area contributed by atoms with Crippen LogP contribution in [0.25, 0.3) is 0 Å². The molecule has 0 radical (unpaired) electrons. The third kappa shape index (κ3) is 5.20. The topological polar surface area (TPSA) is 67.2 Å². The second-order valence-electron chi connectivity index (χ2n) is 6.55. The van der Waals surface area contributed by atoms with Crippen molar-refractivity contribution in [2.45, 2.75) is 45.1 Å². The number of nitrogens with zero attached hydrogens (tertiary/aromatic N) is 2. The van der Waals surface area contributed by atoms with Gasteiger partial charge in [-0.1, -0.05) is 37.6 Å². The smallest absolute Gasteiger partial charge is 0.224 e. The zero-order valence-corrected chi connectivity index (χ0v) is 14.7. The Bertz CT molecular complexity index is 660. The predicted molar refractivity (Wildman–Crippen MR) is 94.5 cm³/mol. The van der Waals surface area contributed by atoms with E-state index in [4.69, 9.17) is 0 Å². The Labute approximate surface area is 143 Å². The molecule has 130 valence electrons. The van der Waals surface area contributed by atoms with Crippen LogP contribution in [0.1, 0.15) is 43.4 Å². The Kier molecular flexibility index (Phi) is 6.15. The number of benzene rings is 1. The summed E-state index contributed by atoms with van der Waals surface area (Å²) in [5.74, 6) is -0.0968. The number of aryl methyl sites for hydroxylation is 2. The molecule has 0 saturated heterocycles. The lowest BCUT2D eigenvalue weighted by Gasteiger charge is -2.22. The van der Waals surface area contributed by atoms with E-state index in [9.17, 15) is 9.90 Å². The van der Waals surface area contributed by atoms with Crippen LogP contribution in [0.3, 0.4) is 0 Å². The molecule has 0 spiro atoms. The maximum absolute atomic E-state index is 12.1. The summed E-state index contributed by atoms with van der Waals surface area (Å²) in [5, 5.41) is 17.3. The highest BCUT2D eigenvalue weighted by molar-refractivity contribution is 5.78. The Morgan fingerprint density at radius 2 is 1.96 bits per heavy atom. The van der Waals surface area contributed by atoms with Gasteiger partial charge in [0.05, 0.1) is 19.2 Å². The zero-order chi connectivity index (χ0) is 17.6. The van der Waals surface area contributed by atoms with Gasteiger partial charge < -0.3 is 10.4 Å². The Balaban J connectivity index is 1.84. The predicted octanol–water partition coefficient (Wildman–Crippen LogP) is 2.33. The lowest BCUT2D eigenvalue weighted by Crippen LogP contribution is -2.39. The monoisotopic (exact) mass is 329 g/mol. The largest absolute Gasteiger partial charge is 0.383 e. The van der Waals surface area contributed by atoms with Crippen LogP contribution in [0.4, 0.5) is 0 Å². The average Bonchev–Trinajstić information content (AvgIpc) is 3.00. The average molecular weight is 329 g/mol. The minimum Gasteiger partial charge on any atom is -0.383 e. The maximum atomic E-state index is 12.1. The fourth-order valence-corrected chi connectivity index (χ4v) is 2.52. The molecule has 1 aromatic carbocycles. The summed E-state index contributed by atoms with van der Waals surface area (Å²) >= 11 is 0. The van der Waals surface area contributed by atoms with E-state index in [-0.39, 0.29) is 12.5 Å². The summed E-state index contributed by atoms with van der Waals surface area (Å²) in [6, 6.07) is 8.18. The molecule has 1 amide bonds. The molecule has 0 bridgehead atoms. The van der Waals surface area contributed by atoms with Crippen molar-refractivity contribution in [3.63, 3.8) is 0 Å². The second-order valence-corrected chi connectivity index (χ2v) is 6.55. The zero-order valence-electron chi connectivity index (χ0n) is 14.7. The van der Waals surface area contributed by atoms with Gasteiger partial charge in [0.25, 0.3) is 0 Å². The molecule has 1 aromatic heterocycles. The molecular formula is C19H27N3O2. The van der Waals surface area contributed by atoms with Gasteiger partial charge in [-0.05, 0) is 30.9 Å². The van der Waals surface area contributed by atoms with Crippen molar-refractivity contribution in [1.29, 1.82) is 0 Å². The van der Waals surface area contributed by atoms with Gasteiger partial charge in [-0.2, -0.15) is 5.10 Å². The van der Waals surface area contributed by atoms with E-state index < -0.39 is 5.60 Å². The van der Waals surface area contributed by atoms with E-state index in [1.54, 1.807) is 31.0 Å². The third-order valence-electron chi connectivity index (χ3n) is 4.16. The summed E-state index contributed by atoms with van der Waals surface area (Å²) in [6.45, 7) is 4.01. The highest BCUT2D eigenvalue weighted by Crippen LogP contribution is 2.18. The van der Waals surface area contributed by atoms with Crippen molar-refractivity contribution in [3.8, 4) is 0 Å². The number of unbranched alkanes of at least 4 members (excludes halogenated alkanes) is 1. The summed E-state index contributed by atoms with van der Waals surface area (Å²) in [4.78, 5) is 12.1. The Morgan fingerprint density at radius 3 is 2.54 bits per heavy atom. The van der Waals surface area contributed by atoms with Crippen LogP contribution in [-0.2, 0) is 30.3 Å². The number of nitrogens with one attached hydrogen (secondary N) is 1. The lowest BCUT2D eigenvalue weighted by molar-refractivity contribution is -0.121. The molecule has 0 fully saturated rings. The molecule has 1 unspecified atom stereocenters. The molecule has 0 aliphatic heterocycles. The summed E-state index contributed by atoms with van der Waals surface area (Å²) in [6.07, 6.45) is 7.13. The van der Waals surface area contributed by atoms with E-state index in [1.165, 1.54) is 18.4 Å². The molecule has 5 heteroatoms. The van der Waals surface area contributed by atoms with E-state index in [0.717, 1.165) is 12.0 Å². The fourth-order valence-electron chi connectivity index (χ4n) is 2.52. The lowest BCUT2D eigenvalue weighted by atomic mass is 9.99. The molecular weight excluding hydrogens is 302 g/mol. The molecule has 1 atom stereocenters. The molecule has 5 nitrogen and oxygen atoms in total. The van der Waals surface area contributed by atoms with Crippen molar-refractivity contribution < 1.29 is 9.90 Å². The summed E-state index contributed by atoms with van der Waals surface area (Å²) < 4.78 is 1.63. The summed E-state index contributed by atoms with van der Waals surface area (Å²) in [5.41, 5.74) is 1.84. The minimum absolute atomic E-state index is 0.0968. The second kappa shape index (κ2) is 8.11. The third-order valence-corrected chi connectivity index (χ3v) is 4.16. The molecule has 1 heterocycles. The summed E-state index contributed by atoms with van der Waals surface area (Å²) in [7, 11) is 1.79. The van der Waals surface area contributed by atoms with Crippen LogP contribution in [-0.4, -0.2) is 27.3 Å². The van der Waals surface area contributed by atoms with Gasteiger partial charge in [-0.15, -0.1) is 0 Å². The number of aliphatic hydroxyl groups is 1. The van der Waals surface area contributed by atoms with Gasteiger partial charge in [0.1, 0.15) is 5.60 Å². The number of hydrogen-bond acceptors (Lipinski definition) is 3. The van der Waals surface area contributed by atoms with Gasteiger partial charge in [0, 0.05) is 18.8 Å². The normalized spacial score (nSPS) is 13.5. The van der Waals surface area contributed by atoms with Crippen LogP contribution in [0.2, 0.25) is 0 Å². The van der Waals surface area contributed by atoms with E-state index in [2.05, 4.69) is 29.5 Å². The standard InChI is InChI=1S/C19H27N3O2/c1-4-5-6-15-7-9-16(10-8-15)11-18(23)20-14-19(2,24)17-12-21-22(3)13-17/h7-10,12-13,24H,4-6,11,14H2,1-3H3,(H,20,23). The maximum Gasteiger partial charge on any atom is 0.224 e. The van der Waals surface area contributed by atoms with Crippen LogP contribution in [0.15, 0.2) is 36.7 Å². The van der Waals surface area contributed by atoms with Gasteiger partial charge in [-0.3, -0.25) is 9.48 Å². The molecule has 0 aliphatic rings. The number of carbonyl (C=O) groups is 1. The van der Waals surface area contributed by atoms with Gasteiger partial charge in [0.15, 0.2) is 0 Å². The van der Waals surface area contributed by atoms with E-state index in [1.807, 2.05) is 12.1 Å². The van der Waals surface area contributed by atoms with Gasteiger partial charge in [0.2, 0.25) is 5.91 Å². The first-order valence-corrected chi connectivity index (χ1v) is 8.46. The van der Waals surface area contributed by atoms with Crippen molar-refractivity contribution >= 4 is 5.91 Å². The SMILES string of the molecule is CCCCc1ccc(CC(=O)NCC(C)(O)c2cnn(C)c2)cc1. The number of rotatable bonds is 8. The van der Waals surface area contributed by atoms with Crippen LogP contribution >= 0.6 is 0 Å². The molecule has 2 aromatic rings. The van der Waals surface area contributed by atoms with E-state index >= 15 is 0 Å². The number of aromatic nitrogens is 2. The first kappa shape index (κ1) is 18.2. The molecule has 24 heavy (non-hydrogen) atoms. The molecule has 0 aliphatic carbocycles. The number of hydrogen-bond donors (Lipinski definition) is 2. The Morgan fingerprint density at radius 1 is 1.29 bits per heavy atom. The fraction of sp³-hybridized carbons (Fsp3) is 0.474. The first-order valence-electron chi connectivity index (χ1n) is 8.46. The van der Waals surface area contributed by atoms with E-state index in [0.29, 0.717) is 12.0 Å². The molecule has 2 N–H and O–H groups in total. The van der Waals surface area contributed by atoms with Crippen LogP contribution in [0, 0.1) is 0 Å². The highest BCUT2D eigenvalue weighted by Gasteiger charge is 2.25. The molecule has 0 saturated carbocycles. The van der Waals surface area contributed by atoms with Crippen LogP contribution < -0.4 is 5.32 Å². The van der Waals surface area contributed by atoms with Gasteiger partial charge >= 0.3 is 0 Å². The number of amides is 1. The van der Waals surface area contributed by atoms with Crippen molar-refractivity contribution in [3.05, 3.63) is 53.3 Å². The van der Waals surface area contributed by atoms with Crippen LogP contribution in [0.5, 0.6) is 0 Å². The van der Waals surface area contributed by atoms with Crippen molar-refractivity contribution in [1.82, 2.24) is 15.1 Å².